The Morgan fingerprint density at radius 2 is 2.10 bits per heavy atom. The van der Waals surface area contributed by atoms with Gasteiger partial charge in [-0.2, -0.15) is 0 Å². The number of carbonyl (C=O) groups is 1. The average molecular weight is 425 g/mol. The monoisotopic (exact) mass is 424 g/mol. The molecule has 3 heterocycles. The number of ether oxygens (including phenoxy) is 2. The van der Waals surface area contributed by atoms with Crippen molar-refractivity contribution in [1.29, 1.82) is 0 Å². The maximum absolute atomic E-state index is 12.7. The van der Waals surface area contributed by atoms with E-state index in [0.29, 0.717) is 30.5 Å². The fourth-order valence-corrected chi connectivity index (χ4v) is 4.15. The number of amides is 1. The molecule has 1 fully saturated rings. The highest BCUT2D eigenvalue weighted by Gasteiger charge is 2.31. The quantitative estimate of drug-likeness (QED) is 0.589. The van der Waals surface area contributed by atoms with Crippen molar-refractivity contribution in [3.63, 3.8) is 0 Å². The van der Waals surface area contributed by atoms with Crippen LogP contribution in [0.25, 0.3) is 0 Å². The highest BCUT2D eigenvalue weighted by atomic mass is 32.1. The Balaban J connectivity index is 1.33. The lowest BCUT2D eigenvalue weighted by atomic mass is 10.2. The SMILES string of the molecule is CCOc1ccccc1Oc1ccc(CNC(=O)C2CCCN2c2nccs2)cn1. The Kier molecular flexibility index (Phi) is 6.44. The minimum absolute atomic E-state index is 0.0219. The molecule has 0 spiro atoms. The summed E-state index contributed by atoms with van der Waals surface area (Å²) >= 11 is 1.56. The fraction of sp³-hybridized carbons (Fsp3) is 0.318. The molecule has 1 aliphatic rings. The van der Waals surface area contributed by atoms with E-state index < -0.39 is 0 Å². The van der Waals surface area contributed by atoms with E-state index in [2.05, 4.69) is 20.2 Å². The van der Waals surface area contributed by atoms with Crippen LogP contribution in [-0.2, 0) is 11.3 Å². The van der Waals surface area contributed by atoms with Gasteiger partial charge in [0.25, 0.3) is 0 Å². The van der Waals surface area contributed by atoms with Gasteiger partial charge >= 0.3 is 0 Å². The summed E-state index contributed by atoms with van der Waals surface area (Å²) in [6.07, 6.45) is 5.33. The van der Waals surface area contributed by atoms with Crippen LogP contribution >= 0.6 is 11.3 Å². The third kappa shape index (κ3) is 4.71. The summed E-state index contributed by atoms with van der Waals surface area (Å²) in [6, 6.07) is 11.0. The molecule has 7 nitrogen and oxygen atoms in total. The maximum atomic E-state index is 12.7. The largest absolute Gasteiger partial charge is 0.490 e. The molecule has 8 heteroatoms. The molecule has 4 rings (SSSR count). The van der Waals surface area contributed by atoms with Gasteiger partial charge in [0.1, 0.15) is 6.04 Å². The van der Waals surface area contributed by atoms with Gasteiger partial charge in [0.2, 0.25) is 11.8 Å². The van der Waals surface area contributed by atoms with Gasteiger partial charge in [-0.15, -0.1) is 11.3 Å². The summed E-state index contributed by atoms with van der Waals surface area (Å²) in [5.74, 6) is 1.80. The Labute approximate surface area is 179 Å². The highest BCUT2D eigenvalue weighted by Crippen LogP contribution is 2.30. The van der Waals surface area contributed by atoms with Gasteiger partial charge in [-0.3, -0.25) is 4.79 Å². The van der Waals surface area contributed by atoms with E-state index in [4.69, 9.17) is 9.47 Å². The molecule has 1 aliphatic heterocycles. The highest BCUT2D eigenvalue weighted by molar-refractivity contribution is 7.13. The first-order valence-electron chi connectivity index (χ1n) is 10.0. The average Bonchev–Trinajstić information content (AvgIpc) is 3.46. The molecule has 156 valence electrons. The number of rotatable bonds is 8. The Morgan fingerprint density at radius 3 is 2.83 bits per heavy atom. The first-order chi connectivity index (χ1) is 14.7. The minimum atomic E-state index is -0.165. The Morgan fingerprint density at radius 1 is 1.23 bits per heavy atom. The number of benzene rings is 1. The summed E-state index contributed by atoms with van der Waals surface area (Å²) in [4.78, 5) is 23.5. The van der Waals surface area contributed by atoms with Crippen LogP contribution in [0.4, 0.5) is 5.13 Å². The summed E-state index contributed by atoms with van der Waals surface area (Å²) < 4.78 is 11.4. The smallest absolute Gasteiger partial charge is 0.243 e. The van der Waals surface area contributed by atoms with Crippen molar-refractivity contribution in [2.24, 2.45) is 0 Å². The Hall–Kier alpha value is -3.13. The van der Waals surface area contributed by atoms with Crippen LogP contribution in [0.3, 0.4) is 0 Å². The number of para-hydroxylation sites is 2. The van der Waals surface area contributed by atoms with Crippen LogP contribution in [-0.4, -0.2) is 35.1 Å². The molecule has 1 saturated heterocycles. The summed E-state index contributed by atoms with van der Waals surface area (Å²) in [5.41, 5.74) is 0.910. The third-order valence-electron chi connectivity index (χ3n) is 4.85. The third-order valence-corrected chi connectivity index (χ3v) is 5.66. The summed E-state index contributed by atoms with van der Waals surface area (Å²) in [6.45, 7) is 3.78. The number of nitrogens with one attached hydrogen (secondary N) is 1. The van der Waals surface area contributed by atoms with Crippen molar-refractivity contribution in [3.05, 3.63) is 59.7 Å². The molecular weight excluding hydrogens is 400 g/mol. The van der Waals surface area contributed by atoms with Crippen LogP contribution in [0, 0.1) is 0 Å². The molecule has 0 radical (unpaired) electrons. The lowest BCUT2D eigenvalue weighted by Crippen LogP contribution is -2.43. The van der Waals surface area contributed by atoms with Crippen LogP contribution in [0.15, 0.2) is 54.2 Å². The van der Waals surface area contributed by atoms with Crippen molar-refractivity contribution in [3.8, 4) is 17.4 Å². The van der Waals surface area contributed by atoms with E-state index in [1.807, 2.05) is 42.6 Å². The maximum Gasteiger partial charge on any atom is 0.243 e. The van der Waals surface area contributed by atoms with Gasteiger partial charge in [-0.05, 0) is 37.5 Å². The lowest BCUT2D eigenvalue weighted by molar-refractivity contribution is -0.122. The molecule has 0 aliphatic carbocycles. The number of hydrogen-bond acceptors (Lipinski definition) is 7. The minimum Gasteiger partial charge on any atom is -0.490 e. The van der Waals surface area contributed by atoms with Gasteiger partial charge in [0.05, 0.1) is 6.61 Å². The van der Waals surface area contributed by atoms with Gasteiger partial charge in [-0.1, -0.05) is 18.2 Å². The molecule has 1 atom stereocenters. The summed E-state index contributed by atoms with van der Waals surface area (Å²) in [7, 11) is 0. The predicted molar refractivity (Wildman–Crippen MR) is 116 cm³/mol. The van der Waals surface area contributed by atoms with Crippen LogP contribution < -0.4 is 19.7 Å². The number of carbonyl (C=O) groups excluding carboxylic acids is 1. The van der Waals surface area contributed by atoms with Crippen LogP contribution in [0.1, 0.15) is 25.3 Å². The zero-order chi connectivity index (χ0) is 20.8. The number of aromatic nitrogens is 2. The van der Waals surface area contributed by atoms with Gasteiger partial charge in [-0.25, -0.2) is 9.97 Å². The number of thiazole rings is 1. The first kappa shape index (κ1) is 20.2. The molecule has 1 amide bonds. The molecule has 2 aromatic heterocycles. The fourth-order valence-electron chi connectivity index (χ4n) is 3.43. The second kappa shape index (κ2) is 9.58. The Bertz CT molecular complexity index is 963. The zero-order valence-electron chi connectivity index (χ0n) is 16.8. The number of nitrogens with zero attached hydrogens (tertiary/aromatic N) is 3. The van der Waals surface area contributed by atoms with Crippen molar-refractivity contribution in [1.82, 2.24) is 15.3 Å². The van der Waals surface area contributed by atoms with Gasteiger partial charge in [0, 0.05) is 36.9 Å². The number of anilines is 1. The van der Waals surface area contributed by atoms with Crippen LogP contribution in [0.2, 0.25) is 0 Å². The molecule has 1 aromatic carbocycles. The van der Waals surface area contributed by atoms with E-state index in [1.54, 1.807) is 29.8 Å². The number of hydrogen-bond donors (Lipinski definition) is 1. The predicted octanol–water partition coefficient (Wildman–Crippen LogP) is 4.01. The molecule has 0 bridgehead atoms. The van der Waals surface area contributed by atoms with E-state index in [-0.39, 0.29) is 11.9 Å². The molecule has 1 unspecified atom stereocenters. The van der Waals surface area contributed by atoms with Gasteiger partial charge in [0.15, 0.2) is 16.6 Å². The van der Waals surface area contributed by atoms with E-state index in [1.165, 1.54) is 0 Å². The van der Waals surface area contributed by atoms with Crippen LogP contribution in [0.5, 0.6) is 17.4 Å². The van der Waals surface area contributed by atoms with Gasteiger partial charge < -0.3 is 19.7 Å². The molecular formula is C22H24N4O3S. The van der Waals surface area contributed by atoms with Crippen molar-refractivity contribution in [2.45, 2.75) is 32.4 Å². The molecule has 1 N–H and O–H groups in total. The standard InChI is InChI=1S/C22H24N4O3S/c1-2-28-18-7-3-4-8-19(18)29-20-10-9-16(14-24-20)15-25-21(27)17-6-5-12-26(17)22-23-11-13-30-22/h3-4,7-11,13-14,17H,2,5-6,12,15H2,1H3,(H,25,27). The lowest BCUT2D eigenvalue weighted by Gasteiger charge is -2.23. The second-order valence-corrected chi connectivity index (χ2v) is 7.74. The normalized spacial score (nSPS) is 15.8. The second-order valence-electron chi connectivity index (χ2n) is 6.87. The molecule has 30 heavy (non-hydrogen) atoms. The summed E-state index contributed by atoms with van der Waals surface area (Å²) in [5, 5.41) is 5.86. The molecule has 0 saturated carbocycles. The van der Waals surface area contributed by atoms with Crippen molar-refractivity contribution in [2.75, 3.05) is 18.1 Å². The van der Waals surface area contributed by atoms with E-state index in [9.17, 15) is 4.79 Å². The van der Waals surface area contributed by atoms with Crippen molar-refractivity contribution >= 4 is 22.4 Å². The van der Waals surface area contributed by atoms with E-state index >= 15 is 0 Å². The molecule has 3 aromatic rings. The topological polar surface area (TPSA) is 76.6 Å². The first-order valence-corrected chi connectivity index (χ1v) is 10.9. The van der Waals surface area contributed by atoms with Crippen molar-refractivity contribution < 1.29 is 14.3 Å². The van der Waals surface area contributed by atoms with E-state index in [0.717, 1.165) is 30.1 Å². The zero-order valence-corrected chi connectivity index (χ0v) is 17.6. The number of pyridine rings is 1.